The zero-order valence-electron chi connectivity index (χ0n) is 7.19. The van der Waals surface area contributed by atoms with E-state index >= 15 is 0 Å². The molecule has 0 aliphatic carbocycles. The van der Waals surface area contributed by atoms with E-state index in [-0.39, 0.29) is 5.54 Å². The third-order valence-electron chi connectivity index (χ3n) is 2.01. The molecule has 0 aliphatic rings. The normalized spacial score (nSPS) is 16.8. The Morgan fingerprint density at radius 2 is 1.90 bits per heavy atom. The molecule has 1 atom stereocenters. The third-order valence-corrected chi connectivity index (χ3v) is 2.01. The lowest BCUT2D eigenvalue weighted by molar-refractivity contribution is 0.401. The minimum atomic E-state index is 0.0369. The molecule has 4 N–H and O–H groups in total. The Bertz CT molecular complexity index is 79.3. The predicted molar refractivity (Wildman–Crippen MR) is 45.8 cm³/mol. The van der Waals surface area contributed by atoms with Crippen molar-refractivity contribution in [2.45, 2.75) is 45.1 Å². The molecule has 0 aromatic carbocycles. The molecule has 0 aliphatic heterocycles. The van der Waals surface area contributed by atoms with Crippen LogP contribution in [0, 0.1) is 0 Å². The summed E-state index contributed by atoms with van der Waals surface area (Å²) >= 11 is 0. The molecule has 2 heteroatoms. The van der Waals surface area contributed by atoms with Crippen molar-refractivity contribution in [2.24, 2.45) is 11.5 Å². The zero-order valence-corrected chi connectivity index (χ0v) is 7.19. The first-order valence-electron chi connectivity index (χ1n) is 4.11. The molecule has 0 amide bonds. The summed E-state index contributed by atoms with van der Waals surface area (Å²) < 4.78 is 0. The SMILES string of the molecule is CCC(C)(N)CCCCN. The Kier molecular flexibility index (Phi) is 4.65. The second-order valence-corrected chi connectivity index (χ2v) is 3.25. The molecule has 0 bridgehead atoms. The van der Waals surface area contributed by atoms with Crippen LogP contribution >= 0.6 is 0 Å². The lowest BCUT2D eigenvalue weighted by atomic mass is 9.93. The van der Waals surface area contributed by atoms with Gasteiger partial charge in [-0.25, -0.2) is 0 Å². The molecule has 0 saturated carbocycles. The Hall–Kier alpha value is -0.0800. The second kappa shape index (κ2) is 4.69. The molecule has 2 nitrogen and oxygen atoms in total. The molecule has 1 unspecified atom stereocenters. The first-order valence-corrected chi connectivity index (χ1v) is 4.11. The van der Waals surface area contributed by atoms with E-state index in [9.17, 15) is 0 Å². The van der Waals surface area contributed by atoms with Crippen LogP contribution < -0.4 is 11.5 Å². The van der Waals surface area contributed by atoms with Crippen molar-refractivity contribution in [1.29, 1.82) is 0 Å². The number of unbranched alkanes of at least 4 members (excludes halogenated alkanes) is 1. The summed E-state index contributed by atoms with van der Waals surface area (Å²) in [6.07, 6.45) is 4.42. The molecule has 0 spiro atoms. The van der Waals surface area contributed by atoms with Gasteiger partial charge < -0.3 is 11.5 Å². The predicted octanol–water partition coefficient (Wildman–Crippen LogP) is 1.24. The van der Waals surface area contributed by atoms with Crippen LogP contribution in [0.5, 0.6) is 0 Å². The number of hydrogen-bond acceptors (Lipinski definition) is 2. The zero-order chi connectivity index (χ0) is 8.04. The molecular weight excluding hydrogens is 124 g/mol. The highest BCUT2D eigenvalue weighted by Crippen LogP contribution is 2.13. The van der Waals surface area contributed by atoms with Crippen molar-refractivity contribution < 1.29 is 0 Å². The van der Waals surface area contributed by atoms with Gasteiger partial charge in [0, 0.05) is 5.54 Å². The maximum Gasteiger partial charge on any atom is 0.0123 e. The molecule has 62 valence electrons. The Labute approximate surface area is 64.0 Å². The summed E-state index contributed by atoms with van der Waals surface area (Å²) in [6, 6.07) is 0. The van der Waals surface area contributed by atoms with E-state index in [1.165, 1.54) is 0 Å². The van der Waals surface area contributed by atoms with Crippen LogP contribution in [-0.2, 0) is 0 Å². The van der Waals surface area contributed by atoms with Crippen molar-refractivity contribution in [2.75, 3.05) is 6.54 Å². The summed E-state index contributed by atoms with van der Waals surface area (Å²) in [5.41, 5.74) is 11.3. The van der Waals surface area contributed by atoms with Crippen LogP contribution in [0.3, 0.4) is 0 Å². The summed E-state index contributed by atoms with van der Waals surface area (Å²) in [4.78, 5) is 0. The van der Waals surface area contributed by atoms with Gasteiger partial charge in [0.1, 0.15) is 0 Å². The molecular formula is C8H20N2. The van der Waals surface area contributed by atoms with Gasteiger partial charge >= 0.3 is 0 Å². The molecule has 0 radical (unpaired) electrons. The Morgan fingerprint density at radius 1 is 1.30 bits per heavy atom. The highest BCUT2D eigenvalue weighted by molar-refractivity contribution is 4.75. The highest BCUT2D eigenvalue weighted by atomic mass is 14.7. The van der Waals surface area contributed by atoms with Gasteiger partial charge in [0.15, 0.2) is 0 Å². The fourth-order valence-corrected chi connectivity index (χ4v) is 0.850. The van der Waals surface area contributed by atoms with E-state index in [0.29, 0.717) is 0 Å². The van der Waals surface area contributed by atoms with Crippen LogP contribution in [0.1, 0.15) is 39.5 Å². The van der Waals surface area contributed by atoms with Gasteiger partial charge in [0.25, 0.3) is 0 Å². The van der Waals surface area contributed by atoms with Crippen LogP contribution in [0.4, 0.5) is 0 Å². The quantitative estimate of drug-likeness (QED) is 0.570. The van der Waals surface area contributed by atoms with Crippen molar-refractivity contribution in [3.05, 3.63) is 0 Å². The number of rotatable bonds is 5. The second-order valence-electron chi connectivity index (χ2n) is 3.25. The largest absolute Gasteiger partial charge is 0.330 e. The summed E-state index contributed by atoms with van der Waals surface area (Å²) in [5, 5.41) is 0. The number of nitrogens with two attached hydrogens (primary N) is 2. The summed E-state index contributed by atoms with van der Waals surface area (Å²) in [7, 11) is 0. The van der Waals surface area contributed by atoms with Crippen molar-refractivity contribution in [1.82, 2.24) is 0 Å². The topological polar surface area (TPSA) is 52.0 Å². The molecule has 0 heterocycles. The molecule has 0 aromatic heterocycles. The third kappa shape index (κ3) is 4.77. The van der Waals surface area contributed by atoms with Gasteiger partial charge in [-0.1, -0.05) is 13.3 Å². The lowest BCUT2D eigenvalue weighted by Crippen LogP contribution is -2.34. The van der Waals surface area contributed by atoms with E-state index in [1.807, 2.05) is 0 Å². The van der Waals surface area contributed by atoms with Crippen LogP contribution in [-0.4, -0.2) is 12.1 Å². The average molecular weight is 144 g/mol. The van der Waals surface area contributed by atoms with Gasteiger partial charge in [-0.15, -0.1) is 0 Å². The fraction of sp³-hybridized carbons (Fsp3) is 1.00. The van der Waals surface area contributed by atoms with Gasteiger partial charge in [0.2, 0.25) is 0 Å². The average Bonchev–Trinajstić information content (AvgIpc) is 1.89. The van der Waals surface area contributed by atoms with Gasteiger partial charge in [-0.2, -0.15) is 0 Å². The maximum absolute atomic E-state index is 5.92. The van der Waals surface area contributed by atoms with Gasteiger partial charge in [0.05, 0.1) is 0 Å². The van der Waals surface area contributed by atoms with Crippen molar-refractivity contribution >= 4 is 0 Å². The lowest BCUT2D eigenvalue weighted by Gasteiger charge is -2.21. The minimum absolute atomic E-state index is 0.0369. The molecule has 0 aromatic rings. The van der Waals surface area contributed by atoms with Crippen molar-refractivity contribution in [3.63, 3.8) is 0 Å². The Morgan fingerprint density at radius 3 is 2.30 bits per heavy atom. The van der Waals surface area contributed by atoms with E-state index in [4.69, 9.17) is 11.5 Å². The first kappa shape index (κ1) is 9.92. The van der Waals surface area contributed by atoms with Crippen LogP contribution in [0.15, 0.2) is 0 Å². The number of hydrogen-bond donors (Lipinski definition) is 2. The molecule has 0 fully saturated rings. The molecule has 0 saturated heterocycles. The van der Waals surface area contributed by atoms with E-state index < -0.39 is 0 Å². The minimum Gasteiger partial charge on any atom is -0.330 e. The molecule has 10 heavy (non-hydrogen) atoms. The molecule has 0 rings (SSSR count). The summed E-state index contributed by atoms with van der Waals surface area (Å²) in [6.45, 7) is 5.02. The monoisotopic (exact) mass is 144 g/mol. The van der Waals surface area contributed by atoms with E-state index in [1.54, 1.807) is 0 Å². The van der Waals surface area contributed by atoms with E-state index in [2.05, 4.69) is 13.8 Å². The van der Waals surface area contributed by atoms with Crippen LogP contribution in [0.25, 0.3) is 0 Å². The van der Waals surface area contributed by atoms with E-state index in [0.717, 1.165) is 32.2 Å². The van der Waals surface area contributed by atoms with Crippen molar-refractivity contribution in [3.8, 4) is 0 Å². The van der Waals surface area contributed by atoms with Gasteiger partial charge in [-0.3, -0.25) is 0 Å². The van der Waals surface area contributed by atoms with Crippen LogP contribution in [0.2, 0.25) is 0 Å². The maximum atomic E-state index is 5.92. The standard InChI is InChI=1S/C8H20N2/c1-3-8(2,10)6-4-5-7-9/h3-7,9-10H2,1-2H3. The Balaban J connectivity index is 3.28. The first-order chi connectivity index (χ1) is 4.62. The summed E-state index contributed by atoms with van der Waals surface area (Å²) in [5.74, 6) is 0. The fourth-order valence-electron chi connectivity index (χ4n) is 0.850. The highest BCUT2D eigenvalue weighted by Gasteiger charge is 2.13. The van der Waals surface area contributed by atoms with Gasteiger partial charge in [-0.05, 0) is 32.7 Å². The smallest absolute Gasteiger partial charge is 0.0123 e.